The second-order valence-corrected chi connectivity index (χ2v) is 9.11. The Bertz CT molecular complexity index is 774. The van der Waals surface area contributed by atoms with E-state index in [1.807, 2.05) is 6.92 Å². The summed E-state index contributed by atoms with van der Waals surface area (Å²) >= 11 is 0. The standard InChI is InChI=1S/C19H28N2O5S/c1-13(2)26-19(23)15(4)12-20-18(22)17-6-5-11-21(17)27(24,25)16-9-7-14(3)8-10-16/h7-10,13,15,17H,5-6,11-12H2,1-4H3,(H,20,22)/t15?,17-/m0/s1. The molecular weight excluding hydrogens is 368 g/mol. The molecule has 1 unspecified atom stereocenters. The molecule has 150 valence electrons. The van der Waals surface area contributed by atoms with Gasteiger partial charge in [-0.3, -0.25) is 9.59 Å². The minimum Gasteiger partial charge on any atom is -0.463 e. The number of amides is 1. The van der Waals surface area contributed by atoms with Crippen molar-refractivity contribution in [3.05, 3.63) is 29.8 Å². The van der Waals surface area contributed by atoms with E-state index in [-0.39, 0.29) is 29.4 Å². The van der Waals surface area contributed by atoms with Crippen molar-refractivity contribution in [2.75, 3.05) is 13.1 Å². The van der Waals surface area contributed by atoms with Gasteiger partial charge in [0, 0.05) is 13.1 Å². The van der Waals surface area contributed by atoms with Crippen molar-refractivity contribution in [2.45, 2.75) is 57.6 Å². The minimum atomic E-state index is -3.74. The van der Waals surface area contributed by atoms with E-state index in [1.54, 1.807) is 45.0 Å². The van der Waals surface area contributed by atoms with Crippen LogP contribution < -0.4 is 5.32 Å². The van der Waals surface area contributed by atoms with Gasteiger partial charge in [-0.15, -0.1) is 0 Å². The molecule has 0 aliphatic carbocycles. The quantitative estimate of drug-likeness (QED) is 0.710. The molecule has 2 atom stereocenters. The lowest BCUT2D eigenvalue weighted by molar-refractivity contribution is -0.151. The molecule has 1 fully saturated rings. The van der Waals surface area contributed by atoms with Crippen molar-refractivity contribution in [2.24, 2.45) is 5.92 Å². The molecule has 1 aromatic carbocycles. The van der Waals surface area contributed by atoms with Gasteiger partial charge >= 0.3 is 5.97 Å². The molecule has 1 saturated heterocycles. The average molecular weight is 397 g/mol. The van der Waals surface area contributed by atoms with Gasteiger partial charge in [-0.05, 0) is 45.7 Å². The Balaban J connectivity index is 2.03. The zero-order chi connectivity index (χ0) is 20.2. The lowest BCUT2D eigenvalue weighted by atomic mass is 10.1. The number of nitrogens with one attached hydrogen (secondary N) is 1. The fourth-order valence-electron chi connectivity index (χ4n) is 2.94. The largest absolute Gasteiger partial charge is 0.463 e. The van der Waals surface area contributed by atoms with Crippen LogP contribution in [0.25, 0.3) is 0 Å². The maximum Gasteiger partial charge on any atom is 0.310 e. The summed E-state index contributed by atoms with van der Waals surface area (Å²) in [7, 11) is -3.74. The molecule has 1 aliphatic rings. The second kappa shape index (κ2) is 8.84. The highest BCUT2D eigenvalue weighted by molar-refractivity contribution is 7.89. The van der Waals surface area contributed by atoms with Crippen molar-refractivity contribution >= 4 is 21.9 Å². The number of sulfonamides is 1. The van der Waals surface area contributed by atoms with Crippen LogP contribution in [0.4, 0.5) is 0 Å². The van der Waals surface area contributed by atoms with E-state index in [1.165, 1.54) is 4.31 Å². The predicted octanol–water partition coefficient (Wildman–Crippen LogP) is 1.85. The summed E-state index contributed by atoms with van der Waals surface area (Å²) in [5, 5.41) is 2.70. The predicted molar refractivity (Wildman–Crippen MR) is 101 cm³/mol. The SMILES string of the molecule is Cc1ccc(S(=O)(=O)N2CCC[C@H]2C(=O)NCC(C)C(=O)OC(C)C)cc1. The summed E-state index contributed by atoms with van der Waals surface area (Å²) < 4.78 is 32.2. The molecule has 1 heterocycles. The van der Waals surface area contributed by atoms with Crippen LogP contribution in [0.15, 0.2) is 29.2 Å². The topological polar surface area (TPSA) is 92.8 Å². The van der Waals surface area contributed by atoms with Crippen molar-refractivity contribution in [1.29, 1.82) is 0 Å². The molecule has 2 rings (SSSR count). The van der Waals surface area contributed by atoms with Crippen LogP contribution in [0.2, 0.25) is 0 Å². The smallest absolute Gasteiger partial charge is 0.310 e. The van der Waals surface area contributed by atoms with E-state index in [0.29, 0.717) is 19.4 Å². The molecule has 0 aromatic heterocycles. The van der Waals surface area contributed by atoms with Crippen LogP contribution in [0.5, 0.6) is 0 Å². The molecule has 0 bridgehead atoms. The third-order valence-electron chi connectivity index (χ3n) is 4.47. The van der Waals surface area contributed by atoms with Gasteiger partial charge in [-0.2, -0.15) is 4.31 Å². The summed E-state index contributed by atoms with van der Waals surface area (Å²) in [6.07, 6.45) is 0.858. The minimum absolute atomic E-state index is 0.110. The first kappa shape index (κ1) is 21.4. The Labute approximate surface area is 161 Å². The Morgan fingerprint density at radius 3 is 2.44 bits per heavy atom. The summed E-state index contributed by atoms with van der Waals surface area (Å²) in [5.41, 5.74) is 0.965. The van der Waals surface area contributed by atoms with E-state index in [0.717, 1.165) is 5.56 Å². The summed E-state index contributed by atoms with van der Waals surface area (Å²) in [6.45, 7) is 7.48. The van der Waals surface area contributed by atoms with Gasteiger partial charge in [-0.25, -0.2) is 8.42 Å². The molecule has 1 amide bonds. The normalized spacial score (nSPS) is 19.1. The number of hydrogen-bond acceptors (Lipinski definition) is 5. The second-order valence-electron chi connectivity index (χ2n) is 7.22. The lowest BCUT2D eigenvalue weighted by Gasteiger charge is -2.24. The van der Waals surface area contributed by atoms with Gasteiger partial charge in [-0.1, -0.05) is 24.6 Å². The number of carbonyl (C=O) groups excluding carboxylic acids is 2. The van der Waals surface area contributed by atoms with Gasteiger partial charge in [0.1, 0.15) is 6.04 Å². The van der Waals surface area contributed by atoms with Crippen LogP contribution in [0.1, 0.15) is 39.2 Å². The molecule has 0 radical (unpaired) electrons. The molecule has 1 aliphatic heterocycles. The Morgan fingerprint density at radius 2 is 1.85 bits per heavy atom. The molecule has 0 saturated carbocycles. The van der Waals surface area contributed by atoms with E-state index in [4.69, 9.17) is 4.74 Å². The first-order chi connectivity index (χ1) is 12.6. The molecule has 1 aromatic rings. The zero-order valence-electron chi connectivity index (χ0n) is 16.3. The number of ether oxygens (including phenoxy) is 1. The highest BCUT2D eigenvalue weighted by atomic mass is 32.2. The third-order valence-corrected chi connectivity index (χ3v) is 6.39. The summed E-state index contributed by atoms with van der Waals surface area (Å²) in [6, 6.07) is 5.83. The van der Waals surface area contributed by atoms with Gasteiger partial charge in [0.2, 0.25) is 15.9 Å². The van der Waals surface area contributed by atoms with Gasteiger partial charge in [0.15, 0.2) is 0 Å². The van der Waals surface area contributed by atoms with Crippen molar-refractivity contribution < 1.29 is 22.7 Å². The molecule has 7 nitrogen and oxygen atoms in total. The van der Waals surface area contributed by atoms with Crippen LogP contribution in [0, 0.1) is 12.8 Å². The first-order valence-corrected chi connectivity index (χ1v) is 10.6. The average Bonchev–Trinajstić information content (AvgIpc) is 3.09. The van der Waals surface area contributed by atoms with Crippen molar-refractivity contribution in [1.82, 2.24) is 9.62 Å². The fourth-order valence-corrected chi connectivity index (χ4v) is 4.60. The van der Waals surface area contributed by atoms with E-state index < -0.39 is 22.0 Å². The van der Waals surface area contributed by atoms with Crippen molar-refractivity contribution in [3.63, 3.8) is 0 Å². The van der Waals surface area contributed by atoms with Crippen LogP contribution in [0.3, 0.4) is 0 Å². The zero-order valence-corrected chi connectivity index (χ0v) is 17.1. The number of carbonyl (C=O) groups is 2. The molecular formula is C19H28N2O5S. The number of rotatable bonds is 7. The fraction of sp³-hybridized carbons (Fsp3) is 0.579. The van der Waals surface area contributed by atoms with Crippen molar-refractivity contribution in [3.8, 4) is 0 Å². The number of benzene rings is 1. The third kappa shape index (κ3) is 5.29. The molecule has 1 N–H and O–H groups in total. The van der Waals surface area contributed by atoms with E-state index >= 15 is 0 Å². The Kier molecular flexibility index (Phi) is 7.00. The highest BCUT2D eigenvalue weighted by Crippen LogP contribution is 2.26. The lowest BCUT2D eigenvalue weighted by Crippen LogP contribution is -2.47. The van der Waals surface area contributed by atoms with Crippen LogP contribution in [-0.2, 0) is 24.3 Å². The van der Waals surface area contributed by atoms with E-state index in [9.17, 15) is 18.0 Å². The number of esters is 1. The number of hydrogen-bond donors (Lipinski definition) is 1. The monoisotopic (exact) mass is 396 g/mol. The summed E-state index contributed by atoms with van der Waals surface area (Å²) in [5.74, 6) is -1.27. The Hall–Kier alpha value is -1.93. The van der Waals surface area contributed by atoms with Gasteiger partial charge < -0.3 is 10.1 Å². The van der Waals surface area contributed by atoms with Gasteiger partial charge in [0.25, 0.3) is 0 Å². The van der Waals surface area contributed by atoms with Gasteiger partial charge in [0.05, 0.1) is 16.9 Å². The van der Waals surface area contributed by atoms with Crippen LogP contribution >= 0.6 is 0 Å². The molecule has 8 heteroatoms. The highest BCUT2D eigenvalue weighted by Gasteiger charge is 2.39. The summed E-state index contributed by atoms with van der Waals surface area (Å²) in [4.78, 5) is 24.6. The van der Waals surface area contributed by atoms with Crippen LogP contribution in [-0.4, -0.2) is 49.8 Å². The maximum atomic E-state index is 12.9. The maximum absolute atomic E-state index is 12.9. The molecule has 27 heavy (non-hydrogen) atoms. The molecule has 0 spiro atoms. The number of nitrogens with zero attached hydrogens (tertiary/aromatic N) is 1. The van der Waals surface area contributed by atoms with E-state index in [2.05, 4.69) is 5.32 Å². The first-order valence-electron chi connectivity index (χ1n) is 9.19. The number of aryl methyl sites for hydroxylation is 1. The Morgan fingerprint density at radius 1 is 1.22 bits per heavy atom.